The molecule has 5 nitrogen and oxygen atoms in total. The van der Waals surface area contributed by atoms with E-state index >= 15 is 0 Å². The molecule has 0 saturated heterocycles. The summed E-state index contributed by atoms with van der Waals surface area (Å²) in [6, 6.07) is 5.15. The number of aryl methyl sites for hydroxylation is 1. The van der Waals surface area contributed by atoms with Crippen LogP contribution in [0.15, 0.2) is 18.2 Å². The number of amides is 1. The monoisotopic (exact) mass is 309 g/mol. The van der Waals surface area contributed by atoms with Gasteiger partial charge in [-0.1, -0.05) is 11.6 Å². The van der Waals surface area contributed by atoms with E-state index in [1.807, 2.05) is 6.92 Å². The first-order chi connectivity index (χ1) is 9.54. The summed E-state index contributed by atoms with van der Waals surface area (Å²) in [5.41, 5.74) is 1.74. The van der Waals surface area contributed by atoms with E-state index in [2.05, 4.69) is 0 Å². The van der Waals surface area contributed by atoms with Crippen molar-refractivity contribution in [2.75, 3.05) is 17.2 Å². The number of Topliss-reactive ketones (excluding diaryl/α,β-unsaturated/α-hetero) is 1. The average Bonchev–Trinajstić information content (AvgIpc) is 2.59. The van der Waals surface area contributed by atoms with E-state index in [-0.39, 0.29) is 12.3 Å². The quantitative estimate of drug-likeness (QED) is 0.797. The van der Waals surface area contributed by atoms with Crippen molar-refractivity contribution in [2.24, 2.45) is 0 Å². The van der Waals surface area contributed by atoms with Crippen molar-refractivity contribution >= 4 is 27.2 Å². The Morgan fingerprint density at radius 1 is 1.14 bits per heavy atom. The van der Waals surface area contributed by atoms with Crippen molar-refractivity contribution in [3.8, 4) is 0 Å². The molecule has 114 valence electrons. The number of rotatable bonds is 3. The molecule has 0 spiro atoms. The minimum atomic E-state index is -3.34. The second kappa shape index (κ2) is 4.94. The number of sulfone groups is 1. The van der Waals surface area contributed by atoms with Crippen LogP contribution in [-0.4, -0.2) is 37.2 Å². The molecule has 0 unspecified atom stereocenters. The maximum Gasteiger partial charge on any atom is 0.299 e. The van der Waals surface area contributed by atoms with Crippen LogP contribution in [0.5, 0.6) is 0 Å². The predicted octanol–water partition coefficient (Wildman–Crippen LogP) is 1.74. The van der Waals surface area contributed by atoms with Gasteiger partial charge in [-0.2, -0.15) is 0 Å². The molecule has 1 aromatic carbocycles. The Hall–Kier alpha value is -1.69. The molecule has 6 heteroatoms. The topological polar surface area (TPSA) is 71.5 Å². The van der Waals surface area contributed by atoms with Crippen LogP contribution in [0, 0.1) is 6.92 Å². The normalized spacial score (nSPS) is 15.5. The van der Waals surface area contributed by atoms with Crippen LogP contribution in [0.4, 0.5) is 5.69 Å². The smallest absolute Gasteiger partial charge is 0.299 e. The van der Waals surface area contributed by atoms with Crippen LogP contribution < -0.4 is 4.90 Å². The molecule has 0 atom stereocenters. The van der Waals surface area contributed by atoms with Crippen molar-refractivity contribution in [3.63, 3.8) is 0 Å². The molecule has 1 amide bonds. The molecule has 0 N–H and O–H groups in total. The average molecular weight is 309 g/mol. The highest BCUT2D eigenvalue weighted by Gasteiger charge is 2.37. The Balaban J connectivity index is 2.28. The van der Waals surface area contributed by atoms with Gasteiger partial charge in [-0.05, 0) is 39.8 Å². The molecule has 2 rings (SSSR count). The van der Waals surface area contributed by atoms with Gasteiger partial charge in [0, 0.05) is 6.54 Å². The third-order valence-electron chi connectivity index (χ3n) is 3.64. The number of benzene rings is 1. The molecule has 0 aliphatic carbocycles. The van der Waals surface area contributed by atoms with Crippen molar-refractivity contribution in [3.05, 3.63) is 29.3 Å². The Bertz CT molecular complexity index is 714. The van der Waals surface area contributed by atoms with Crippen LogP contribution in [-0.2, 0) is 14.6 Å². The highest BCUT2D eigenvalue weighted by atomic mass is 32.2. The van der Waals surface area contributed by atoms with E-state index < -0.39 is 26.3 Å². The van der Waals surface area contributed by atoms with E-state index in [0.29, 0.717) is 11.3 Å². The summed E-state index contributed by atoms with van der Waals surface area (Å²) in [6.45, 7) is 6.70. The summed E-state index contributed by atoms with van der Waals surface area (Å²) < 4.78 is 23.4. The molecule has 0 radical (unpaired) electrons. The van der Waals surface area contributed by atoms with Gasteiger partial charge in [0.1, 0.15) is 0 Å². The molecule has 21 heavy (non-hydrogen) atoms. The summed E-state index contributed by atoms with van der Waals surface area (Å²) >= 11 is 0. The van der Waals surface area contributed by atoms with Crippen LogP contribution in [0.3, 0.4) is 0 Å². The Morgan fingerprint density at radius 2 is 1.76 bits per heavy atom. The zero-order chi connectivity index (χ0) is 16.0. The fourth-order valence-corrected chi connectivity index (χ4v) is 3.19. The van der Waals surface area contributed by atoms with E-state index in [9.17, 15) is 18.0 Å². The molecule has 1 aromatic rings. The van der Waals surface area contributed by atoms with Crippen molar-refractivity contribution in [1.29, 1.82) is 0 Å². The largest absolute Gasteiger partial charge is 0.304 e. The zero-order valence-corrected chi connectivity index (χ0v) is 13.5. The highest BCUT2D eigenvalue weighted by molar-refractivity contribution is 7.92. The summed E-state index contributed by atoms with van der Waals surface area (Å²) in [4.78, 5) is 25.2. The SMILES string of the molecule is Cc1ccc2c(c1)C(=O)C(=O)N2CCS(=O)(=O)C(C)(C)C. The lowest BCUT2D eigenvalue weighted by molar-refractivity contribution is -0.114. The number of carbonyl (C=O) groups excluding carboxylic acids is 2. The van der Waals surface area contributed by atoms with Crippen LogP contribution in [0.25, 0.3) is 0 Å². The fourth-order valence-electron chi connectivity index (χ4n) is 2.15. The molecule has 1 aliphatic heterocycles. The summed E-state index contributed by atoms with van der Waals surface area (Å²) in [7, 11) is -3.34. The molecular weight excluding hydrogens is 290 g/mol. The number of nitrogens with zero attached hydrogens (tertiary/aromatic N) is 1. The molecule has 1 heterocycles. The first-order valence-corrected chi connectivity index (χ1v) is 8.39. The van der Waals surface area contributed by atoms with E-state index in [4.69, 9.17) is 0 Å². The van der Waals surface area contributed by atoms with Crippen LogP contribution >= 0.6 is 0 Å². The summed E-state index contributed by atoms with van der Waals surface area (Å²) in [5.74, 6) is -1.38. The Morgan fingerprint density at radius 3 is 2.33 bits per heavy atom. The summed E-state index contributed by atoms with van der Waals surface area (Å²) in [5, 5.41) is 0. The maximum atomic E-state index is 12.1. The first-order valence-electron chi connectivity index (χ1n) is 6.74. The first kappa shape index (κ1) is 15.7. The van der Waals surface area contributed by atoms with Gasteiger partial charge < -0.3 is 4.90 Å². The van der Waals surface area contributed by atoms with Gasteiger partial charge in [0.15, 0.2) is 9.84 Å². The van der Waals surface area contributed by atoms with Gasteiger partial charge in [0.2, 0.25) is 0 Å². The molecule has 0 aromatic heterocycles. The maximum absolute atomic E-state index is 12.1. The van der Waals surface area contributed by atoms with Gasteiger partial charge in [-0.25, -0.2) is 8.42 Å². The van der Waals surface area contributed by atoms with Crippen LogP contribution in [0.1, 0.15) is 36.7 Å². The summed E-state index contributed by atoms with van der Waals surface area (Å²) in [6.07, 6.45) is 0. The molecular formula is C15H19NO4S. The van der Waals surface area contributed by atoms with Gasteiger partial charge >= 0.3 is 0 Å². The molecule has 1 aliphatic rings. The number of carbonyl (C=O) groups is 2. The lowest BCUT2D eigenvalue weighted by Crippen LogP contribution is -2.38. The Kier molecular flexibility index (Phi) is 3.70. The Labute approximate surface area is 124 Å². The standard InChI is InChI=1S/C15H19NO4S/c1-10-5-6-12-11(9-10)13(17)14(18)16(12)7-8-21(19,20)15(2,3)4/h5-6,9H,7-8H2,1-4H3. The van der Waals surface area contributed by atoms with Crippen molar-refractivity contribution in [1.82, 2.24) is 0 Å². The number of hydrogen-bond acceptors (Lipinski definition) is 4. The number of hydrogen-bond donors (Lipinski definition) is 0. The third-order valence-corrected chi connectivity index (χ3v) is 6.23. The lowest BCUT2D eigenvalue weighted by atomic mass is 10.1. The van der Waals surface area contributed by atoms with Crippen LogP contribution in [0.2, 0.25) is 0 Å². The fraction of sp³-hybridized carbons (Fsp3) is 0.467. The highest BCUT2D eigenvalue weighted by Crippen LogP contribution is 2.30. The molecule has 0 fully saturated rings. The van der Waals surface area contributed by atoms with Gasteiger partial charge in [-0.3, -0.25) is 9.59 Å². The molecule has 0 saturated carbocycles. The molecule has 0 bridgehead atoms. The van der Waals surface area contributed by atoms with Crippen molar-refractivity contribution < 1.29 is 18.0 Å². The van der Waals surface area contributed by atoms with Crippen molar-refractivity contribution in [2.45, 2.75) is 32.4 Å². The minimum Gasteiger partial charge on any atom is -0.304 e. The van der Waals surface area contributed by atoms with Gasteiger partial charge in [-0.15, -0.1) is 0 Å². The second-order valence-corrected chi connectivity index (χ2v) is 9.10. The second-order valence-electron chi connectivity index (χ2n) is 6.24. The predicted molar refractivity (Wildman–Crippen MR) is 81.4 cm³/mol. The number of ketones is 1. The lowest BCUT2D eigenvalue weighted by Gasteiger charge is -2.22. The number of anilines is 1. The van der Waals surface area contributed by atoms with E-state index in [1.54, 1.807) is 39.0 Å². The van der Waals surface area contributed by atoms with E-state index in [1.165, 1.54) is 4.90 Å². The number of fused-ring (bicyclic) bond motifs is 1. The zero-order valence-electron chi connectivity index (χ0n) is 12.6. The van der Waals surface area contributed by atoms with Gasteiger partial charge in [0.05, 0.1) is 21.8 Å². The van der Waals surface area contributed by atoms with E-state index in [0.717, 1.165) is 5.56 Å². The third kappa shape index (κ3) is 2.72. The van der Waals surface area contributed by atoms with Gasteiger partial charge in [0.25, 0.3) is 11.7 Å². The minimum absolute atomic E-state index is 0.000236.